The highest BCUT2D eigenvalue weighted by atomic mass is 19.3. The fraction of sp³-hybridized carbons (Fsp3) is 1.00. The molecule has 0 aromatic rings. The highest BCUT2D eigenvalue weighted by Crippen LogP contribution is 2.39. The zero-order valence-corrected chi connectivity index (χ0v) is 4.40. The lowest BCUT2D eigenvalue weighted by molar-refractivity contribution is -0.182. The molecule has 5 heteroatoms. The molecule has 0 radical (unpaired) electrons. The second-order valence-electron chi connectivity index (χ2n) is 1.91. The molecule has 0 aliphatic carbocycles. The van der Waals surface area contributed by atoms with Crippen molar-refractivity contribution in [1.82, 2.24) is 0 Å². The molecule has 0 spiro atoms. The largest absolute Gasteiger partial charge is 0.359 e. The van der Waals surface area contributed by atoms with E-state index in [1.807, 2.05) is 0 Å². The van der Waals surface area contributed by atoms with Crippen LogP contribution in [-0.4, -0.2) is 30.1 Å². The van der Waals surface area contributed by atoms with Gasteiger partial charge in [-0.25, -0.2) is 4.39 Å². The lowest BCUT2D eigenvalue weighted by Gasteiger charge is -2.13. The van der Waals surface area contributed by atoms with E-state index in [1.54, 1.807) is 0 Å². The smallest absolute Gasteiger partial charge is 0.330 e. The lowest BCUT2D eigenvalue weighted by Crippen LogP contribution is -2.38. The number of alkyl halides is 3. The molecule has 1 saturated heterocycles. The molecule has 0 unspecified atom stereocenters. The van der Waals surface area contributed by atoms with Crippen LogP contribution >= 0.6 is 0 Å². The molecule has 1 heterocycles. The van der Waals surface area contributed by atoms with Gasteiger partial charge in [-0.05, 0) is 0 Å². The van der Waals surface area contributed by atoms with E-state index in [4.69, 9.17) is 5.11 Å². The van der Waals surface area contributed by atoms with Crippen molar-refractivity contribution in [2.24, 2.45) is 0 Å². The summed E-state index contributed by atoms with van der Waals surface area (Å²) < 4.78 is 39.2. The number of halogens is 3. The Bertz CT molecular complexity index is 121. The molecule has 0 bridgehead atoms. The first-order valence-corrected chi connectivity index (χ1v) is 2.32. The Balaban J connectivity index is 2.58. The topological polar surface area (TPSA) is 32.8 Å². The van der Waals surface area contributed by atoms with Gasteiger partial charge in [0, 0.05) is 0 Å². The molecule has 1 atom stereocenters. The van der Waals surface area contributed by atoms with Crippen molar-refractivity contribution in [3.63, 3.8) is 0 Å². The van der Waals surface area contributed by atoms with Gasteiger partial charge in [-0.1, -0.05) is 0 Å². The standard InChI is InChI=1S/C4H5F3O2/c5-1-3(6,7)4(8)2-9-4/h8H,1-2H2/t4-/m1/s1. The summed E-state index contributed by atoms with van der Waals surface area (Å²) in [5, 5.41) is 8.44. The van der Waals surface area contributed by atoms with Crippen LogP contribution in [-0.2, 0) is 4.74 Å². The molecule has 1 N–H and O–H groups in total. The Labute approximate surface area is 49.2 Å². The monoisotopic (exact) mass is 142 g/mol. The van der Waals surface area contributed by atoms with Crippen molar-refractivity contribution in [3.8, 4) is 0 Å². The normalized spacial score (nSPS) is 34.7. The van der Waals surface area contributed by atoms with Gasteiger partial charge in [0.25, 0.3) is 5.79 Å². The van der Waals surface area contributed by atoms with Crippen LogP contribution in [0.1, 0.15) is 0 Å². The second kappa shape index (κ2) is 1.60. The summed E-state index contributed by atoms with van der Waals surface area (Å²) >= 11 is 0. The van der Waals surface area contributed by atoms with Gasteiger partial charge in [-0.15, -0.1) is 0 Å². The predicted molar refractivity (Wildman–Crippen MR) is 21.8 cm³/mol. The Morgan fingerprint density at radius 3 is 2.22 bits per heavy atom. The van der Waals surface area contributed by atoms with Crippen LogP contribution in [0, 0.1) is 0 Å². The second-order valence-corrected chi connectivity index (χ2v) is 1.91. The number of epoxide rings is 1. The van der Waals surface area contributed by atoms with Gasteiger partial charge in [0.15, 0.2) is 6.67 Å². The number of aliphatic hydroxyl groups is 1. The number of hydrogen-bond donors (Lipinski definition) is 1. The highest BCUT2D eigenvalue weighted by molar-refractivity contribution is 4.93. The van der Waals surface area contributed by atoms with E-state index >= 15 is 0 Å². The Hall–Kier alpha value is -0.290. The van der Waals surface area contributed by atoms with E-state index in [1.165, 1.54) is 0 Å². The maximum absolute atomic E-state index is 12.0. The molecular formula is C4H5F3O2. The van der Waals surface area contributed by atoms with Gasteiger partial charge in [0.2, 0.25) is 0 Å². The minimum Gasteiger partial charge on any atom is -0.359 e. The average molecular weight is 142 g/mol. The third kappa shape index (κ3) is 0.900. The summed E-state index contributed by atoms with van der Waals surface area (Å²) in [6.07, 6.45) is 0. The minimum atomic E-state index is -3.74. The number of rotatable bonds is 2. The van der Waals surface area contributed by atoms with Crippen LogP contribution in [0.25, 0.3) is 0 Å². The van der Waals surface area contributed by atoms with Crippen molar-refractivity contribution >= 4 is 0 Å². The maximum atomic E-state index is 12.0. The summed E-state index contributed by atoms with van der Waals surface area (Å²) in [6.45, 7) is -2.37. The van der Waals surface area contributed by atoms with Crippen molar-refractivity contribution in [3.05, 3.63) is 0 Å². The highest BCUT2D eigenvalue weighted by Gasteiger charge is 2.64. The molecule has 1 aliphatic heterocycles. The van der Waals surface area contributed by atoms with Crippen LogP contribution in [0.2, 0.25) is 0 Å². The average Bonchev–Trinajstić information content (AvgIpc) is 2.49. The zero-order valence-electron chi connectivity index (χ0n) is 4.40. The van der Waals surface area contributed by atoms with Crippen LogP contribution in [0.15, 0.2) is 0 Å². The molecule has 1 aliphatic rings. The summed E-state index contributed by atoms with van der Waals surface area (Å²) in [7, 11) is 0. The molecule has 0 aromatic carbocycles. The van der Waals surface area contributed by atoms with E-state index in [9.17, 15) is 13.2 Å². The van der Waals surface area contributed by atoms with Crippen LogP contribution in [0.5, 0.6) is 0 Å². The molecular weight excluding hydrogens is 137 g/mol. The van der Waals surface area contributed by atoms with E-state index < -0.39 is 25.0 Å². The number of hydrogen-bond acceptors (Lipinski definition) is 2. The van der Waals surface area contributed by atoms with Crippen molar-refractivity contribution in [2.75, 3.05) is 13.3 Å². The molecule has 54 valence electrons. The quantitative estimate of drug-likeness (QED) is 0.563. The third-order valence-corrected chi connectivity index (χ3v) is 1.16. The van der Waals surface area contributed by atoms with Crippen molar-refractivity contribution in [2.45, 2.75) is 11.7 Å². The van der Waals surface area contributed by atoms with Crippen LogP contribution in [0.3, 0.4) is 0 Å². The van der Waals surface area contributed by atoms with Gasteiger partial charge < -0.3 is 9.84 Å². The summed E-state index contributed by atoms with van der Waals surface area (Å²) in [4.78, 5) is 0. The van der Waals surface area contributed by atoms with E-state index in [2.05, 4.69) is 4.74 Å². The fourth-order valence-corrected chi connectivity index (χ4v) is 0.384. The Morgan fingerprint density at radius 1 is 1.67 bits per heavy atom. The summed E-state index contributed by atoms with van der Waals surface area (Å²) in [5.41, 5.74) is 0. The predicted octanol–water partition coefficient (Wildman–Crippen LogP) is 0.310. The Kier molecular flexibility index (Phi) is 1.22. The lowest BCUT2D eigenvalue weighted by atomic mass is 10.2. The first kappa shape index (κ1) is 6.82. The van der Waals surface area contributed by atoms with Crippen LogP contribution < -0.4 is 0 Å². The molecule has 9 heavy (non-hydrogen) atoms. The van der Waals surface area contributed by atoms with Gasteiger partial charge in [-0.2, -0.15) is 8.78 Å². The molecule has 0 saturated carbocycles. The van der Waals surface area contributed by atoms with E-state index in [0.717, 1.165) is 0 Å². The SMILES string of the molecule is O[C@]1(C(F)(F)CF)CO1. The zero-order chi connectivity index (χ0) is 7.12. The first-order valence-electron chi connectivity index (χ1n) is 2.32. The molecule has 0 aromatic heterocycles. The van der Waals surface area contributed by atoms with Gasteiger partial charge in [0.1, 0.15) is 6.61 Å². The van der Waals surface area contributed by atoms with Gasteiger partial charge in [-0.3, -0.25) is 0 Å². The first-order chi connectivity index (χ1) is 4.02. The van der Waals surface area contributed by atoms with E-state index in [0.29, 0.717) is 0 Å². The van der Waals surface area contributed by atoms with Crippen molar-refractivity contribution in [1.29, 1.82) is 0 Å². The molecule has 1 fully saturated rings. The van der Waals surface area contributed by atoms with Gasteiger partial charge >= 0.3 is 5.92 Å². The van der Waals surface area contributed by atoms with E-state index in [-0.39, 0.29) is 0 Å². The summed E-state index contributed by atoms with van der Waals surface area (Å²) in [6, 6.07) is 0. The third-order valence-electron chi connectivity index (χ3n) is 1.16. The van der Waals surface area contributed by atoms with Crippen LogP contribution in [0.4, 0.5) is 13.2 Å². The van der Waals surface area contributed by atoms with Gasteiger partial charge in [0.05, 0.1) is 0 Å². The van der Waals surface area contributed by atoms with Crippen molar-refractivity contribution < 1.29 is 23.0 Å². The molecule has 0 amide bonds. The summed E-state index contributed by atoms with van der Waals surface area (Å²) in [5.74, 6) is -6.26. The minimum absolute atomic E-state index is 0.482. The molecule has 1 rings (SSSR count). The fourth-order valence-electron chi connectivity index (χ4n) is 0.384. The molecule has 2 nitrogen and oxygen atoms in total. The maximum Gasteiger partial charge on any atom is 0.330 e. The number of ether oxygens (including phenoxy) is 1. The Morgan fingerprint density at radius 2 is 2.11 bits per heavy atom.